The highest BCUT2D eigenvalue weighted by Gasteiger charge is 1.96. The Bertz CT molecular complexity index is 147. The number of hydrogen-bond acceptors (Lipinski definition) is 2. The van der Waals surface area contributed by atoms with Gasteiger partial charge in [-0.25, -0.2) is 0 Å². The van der Waals surface area contributed by atoms with Crippen LogP contribution in [0, 0.1) is 4.91 Å². The van der Waals surface area contributed by atoms with Crippen molar-refractivity contribution in [3.63, 3.8) is 0 Å². The number of nitrogens with zero attached hydrogens (tertiary/aromatic N) is 1. The highest BCUT2D eigenvalue weighted by atomic mass is 16.3. The fourth-order valence-electron chi connectivity index (χ4n) is 0.692. The van der Waals surface area contributed by atoms with Crippen LogP contribution in [0.1, 0.15) is 6.42 Å². The van der Waals surface area contributed by atoms with Crippen molar-refractivity contribution in [1.29, 1.82) is 0 Å². The Labute approximate surface area is 47.9 Å². The second kappa shape index (κ2) is 2.40. The number of allylic oxidation sites excluding steroid dienone is 3. The first-order chi connectivity index (χ1) is 3.93. The minimum atomic E-state index is 0.354. The maximum Gasteiger partial charge on any atom is 0.103 e. The Morgan fingerprint density at radius 3 is 3.12 bits per heavy atom. The van der Waals surface area contributed by atoms with Crippen LogP contribution in [0.4, 0.5) is 0 Å². The van der Waals surface area contributed by atoms with Gasteiger partial charge in [-0.3, -0.25) is 0 Å². The Kier molecular flexibility index (Phi) is 1.57. The monoisotopic (exact) mass is 109 g/mol. The smallest absolute Gasteiger partial charge is 0.103 e. The first-order valence-electron chi connectivity index (χ1n) is 2.57. The van der Waals surface area contributed by atoms with Crippen molar-refractivity contribution in [3.05, 3.63) is 28.7 Å². The summed E-state index contributed by atoms with van der Waals surface area (Å²) in [5.41, 5.74) is 1.11. The summed E-state index contributed by atoms with van der Waals surface area (Å²) in [6, 6.07) is 0. The van der Waals surface area contributed by atoms with Crippen molar-refractivity contribution in [2.75, 3.05) is 6.54 Å². The van der Waals surface area contributed by atoms with Crippen molar-refractivity contribution >= 4 is 0 Å². The quantitative estimate of drug-likeness (QED) is 0.495. The Morgan fingerprint density at radius 1 is 1.75 bits per heavy atom. The molecule has 0 aromatic heterocycles. The van der Waals surface area contributed by atoms with Gasteiger partial charge in [-0.1, -0.05) is 23.4 Å². The molecule has 0 aromatic rings. The maximum absolute atomic E-state index is 9.64. The van der Waals surface area contributed by atoms with Crippen LogP contribution in [0.5, 0.6) is 0 Å². The SMILES string of the molecule is O=NCC1=CC=CC1. The van der Waals surface area contributed by atoms with E-state index < -0.39 is 0 Å². The maximum atomic E-state index is 9.64. The summed E-state index contributed by atoms with van der Waals surface area (Å²) in [6.45, 7) is 0.354. The molecule has 1 aliphatic rings. The molecular weight excluding hydrogens is 102 g/mol. The van der Waals surface area contributed by atoms with Crippen molar-refractivity contribution in [1.82, 2.24) is 0 Å². The third-order valence-corrected chi connectivity index (χ3v) is 1.12. The summed E-state index contributed by atoms with van der Waals surface area (Å²) in [6.07, 6.45) is 6.80. The van der Waals surface area contributed by atoms with Crippen LogP contribution < -0.4 is 0 Å². The van der Waals surface area contributed by atoms with E-state index in [1.165, 1.54) is 0 Å². The first kappa shape index (κ1) is 5.22. The average Bonchev–Trinajstić information content (AvgIpc) is 2.19. The van der Waals surface area contributed by atoms with Gasteiger partial charge in [-0.2, -0.15) is 4.91 Å². The Balaban J connectivity index is 2.39. The van der Waals surface area contributed by atoms with E-state index in [2.05, 4.69) is 5.18 Å². The molecule has 0 heterocycles. The zero-order valence-corrected chi connectivity index (χ0v) is 4.50. The van der Waals surface area contributed by atoms with Gasteiger partial charge in [0.15, 0.2) is 0 Å². The summed E-state index contributed by atoms with van der Waals surface area (Å²) in [7, 11) is 0. The van der Waals surface area contributed by atoms with E-state index in [0.717, 1.165) is 12.0 Å². The molecule has 0 saturated carbocycles. The summed E-state index contributed by atoms with van der Waals surface area (Å²) in [5, 5.41) is 2.76. The van der Waals surface area contributed by atoms with E-state index in [1.54, 1.807) is 0 Å². The van der Waals surface area contributed by atoms with Gasteiger partial charge in [0.25, 0.3) is 0 Å². The van der Waals surface area contributed by atoms with E-state index in [1.807, 2.05) is 18.2 Å². The van der Waals surface area contributed by atoms with Crippen LogP contribution in [0.3, 0.4) is 0 Å². The lowest BCUT2D eigenvalue weighted by Crippen LogP contribution is -1.80. The summed E-state index contributed by atoms with van der Waals surface area (Å²) in [5.74, 6) is 0. The lowest BCUT2D eigenvalue weighted by molar-refractivity contribution is 1.07. The summed E-state index contributed by atoms with van der Waals surface area (Å²) >= 11 is 0. The minimum Gasteiger partial charge on any atom is -0.150 e. The fraction of sp³-hybridized carbons (Fsp3) is 0.333. The Morgan fingerprint density at radius 2 is 2.62 bits per heavy atom. The summed E-state index contributed by atoms with van der Waals surface area (Å²) in [4.78, 5) is 9.64. The molecule has 0 aliphatic heterocycles. The van der Waals surface area contributed by atoms with Crippen LogP contribution >= 0.6 is 0 Å². The predicted molar refractivity (Wildman–Crippen MR) is 32.5 cm³/mol. The molecule has 0 radical (unpaired) electrons. The number of nitroso groups, excluding NO2 is 1. The van der Waals surface area contributed by atoms with Crippen LogP contribution in [-0.2, 0) is 0 Å². The van der Waals surface area contributed by atoms with Crippen molar-refractivity contribution in [2.24, 2.45) is 5.18 Å². The average molecular weight is 109 g/mol. The van der Waals surface area contributed by atoms with E-state index in [9.17, 15) is 4.91 Å². The molecule has 0 spiro atoms. The van der Waals surface area contributed by atoms with Gasteiger partial charge in [0.1, 0.15) is 6.54 Å². The highest BCUT2D eigenvalue weighted by molar-refractivity contribution is 5.23. The fourth-order valence-corrected chi connectivity index (χ4v) is 0.692. The van der Waals surface area contributed by atoms with Gasteiger partial charge < -0.3 is 0 Å². The normalized spacial score (nSPS) is 16.2. The molecule has 0 atom stereocenters. The molecule has 8 heavy (non-hydrogen) atoms. The molecule has 0 unspecified atom stereocenters. The van der Waals surface area contributed by atoms with Crippen LogP contribution in [-0.4, -0.2) is 6.54 Å². The lowest BCUT2D eigenvalue weighted by atomic mass is 10.2. The van der Waals surface area contributed by atoms with E-state index in [-0.39, 0.29) is 0 Å². The van der Waals surface area contributed by atoms with Crippen LogP contribution in [0.25, 0.3) is 0 Å². The van der Waals surface area contributed by atoms with Gasteiger partial charge in [-0.15, -0.1) is 0 Å². The zero-order chi connectivity index (χ0) is 5.82. The molecule has 0 fully saturated rings. The molecule has 42 valence electrons. The number of rotatable bonds is 2. The van der Waals surface area contributed by atoms with Crippen molar-refractivity contribution in [2.45, 2.75) is 6.42 Å². The van der Waals surface area contributed by atoms with E-state index in [4.69, 9.17) is 0 Å². The topological polar surface area (TPSA) is 29.4 Å². The molecule has 0 saturated heterocycles. The largest absolute Gasteiger partial charge is 0.150 e. The number of hydrogen-bond donors (Lipinski definition) is 0. The standard InChI is InChI=1S/C6H7NO/c8-7-5-6-3-1-2-4-6/h1-3H,4-5H2. The van der Waals surface area contributed by atoms with Gasteiger partial charge in [-0.05, 0) is 12.0 Å². The van der Waals surface area contributed by atoms with E-state index in [0.29, 0.717) is 6.54 Å². The minimum absolute atomic E-state index is 0.354. The van der Waals surface area contributed by atoms with Gasteiger partial charge >= 0.3 is 0 Å². The second-order valence-electron chi connectivity index (χ2n) is 1.74. The molecule has 1 aliphatic carbocycles. The molecule has 1 rings (SSSR count). The van der Waals surface area contributed by atoms with Gasteiger partial charge in [0.2, 0.25) is 0 Å². The highest BCUT2D eigenvalue weighted by Crippen LogP contribution is 2.09. The lowest BCUT2D eigenvalue weighted by Gasteiger charge is -1.86. The van der Waals surface area contributed by atoms with Crippen molar-refractivity contribution < 1.29 is 0 Å². The zero-order valence-electron chi connectivity index (χ0n) is 4.50. The molecule has 0 aromatic carbocycles. The van der Waals surface area contributed by atoms with Crippen LogP contribution in [0.15, 0.2) is 29.0 Å². The molecule has 2 nitrogen and oxygen atoms in total. The van der Waals surface area contributed by atoms with Crippen LogP contribution in [0.2, 0.25) is 0 Å². The van der Waals surface area contributed by atoms with Gasteiger partial charge in [0.05, 0.1) is 0 Å². The third-order valence-electron chi connectivity index (χ3n) is 1.12. The molecular formula is C6H7NO. The third kappa shape index (κ3) is 1.03. The molecule has 2 heteroatoms. The summed E-state index contributed by atoms with van der Waals surface area (Å²) < 4.78 is 0. The predicted octanol–water partition coefficient (Wildman–Crippen LogP) is 1.64. The molecule has 0 bridgehead atoms. The Hall–Kier alpha value is -0.920. The second-order valence-corrected chi connectivity index (χ2v) is 1.74. The molecule has 0 N–H and O–H groups in total. The van der Waals surface area contributed by atoms with E-state index >= 15 is 0 Å². The first-order valence-corrected chi connectivity index (χ1v) is 2.57. The molecule has 0 amide bonds. The van der Waals surface area contributed by atoms with Gasteiger partial charge in [0, 0.05) is 0 Å². The van der Waals surface area contributed by atoms with Crippen molar-refractivity contribution in [3.8, 4) is 0 Å².